The van der Waals surface area contributed by atoms with E-state index in [1.54, 1.807) is 11.8 Å². The number of thioether (sulfide) groups is 1. The third kappa shape index (κ3) is 4.58. The molecule has 1 saturated heterocycles. The summed E-state index contributed by atoms with van der Waals surface area (Å²) < 4.78 is 0. The maximum atomic E-state index is 11.4. The van der Waals surface area contributed by atoms with Crippen LogP contribution in [0.1, 0.15) is 39.0 Å². The number of nitrogens with zero attached hydrogens (tertiary/aromatic N) is 1. The smallest absolute Gasteiger partial charge is 0.222 e. The number of amides is 1. The van der Waals surface area contributed by atoms with E-state index in [1.807, 2.05) is 0 Å². The van der Waals surface area contributed by atoms with Crippen LogP contribution >= 0.6 is 11.8 Å². The fraction of sp³-hybridized carbons (Fsp3) is 0.833. The molecule has 2 rings (SSSR count). The van der Waals surface area contributed by atoms with Crippen LogP contribution in [0.5, 0.6) is 0 Å². The highest BCUT2D eigenvalue weighted by Crippen LogP contribution is 2.18. The molecule has 0 aromatic heterocycles. The first-order chi connectivity index (χ1) is 8.28. The van der Waals surface area contributed by atoms with E-state index >= 15 is 0 Å². The van der Waals surface area contributed by atoms with Gasteiger partial charge in [-0.1, -0.05) is 18.7 Å². The Morgan fingerprint density at radius 2 is 2.35 bits per heavy atom. The van der Waals surface area contributed by atoms with Crippen LogP contribution < -0.4 is 10.6 Å². The average molecular weight is 255 g/mol. The van der Waals surface area contributed by atoms with Gasteiger partial charge in [0.1, 0.15) is 0 Å². The second kappa shape index (κ2) is 6.28. The number of carbonyl (C=O) groups is 1. The molecule has 96 valence electrons. The highest BCUT2D eigenvalue weighted by atomic mass is 32.2. The second-order valence-electron chi connectivity index (χ2n) is 4.67. The number of hydrogen-bond donors (Lipinski definition) is 2. The maximum absolute atomic E-state index is 11.4. The van der Waals surface area contributed by atoms with Crippen LogP contribution in [-0.2, 0) is 4.79 Å². The summed E-state index contributed by atoms with van der Waals surface area (Å²) in [4.78, 5) is 15.9. The summed E-state index contributed by atoms with van der Waals surface area (Å²) in [5.41, 5.74) is 0. The Kier molecular flexibility index (Phi) is 4.71. The summed E-state index contributed by atoms with van der Waals surface area (Å²) in [6, 6.07) is 1.03. The van der Waals surface area contributed by atoms with Crippen molar-refractivity contribution in [2.24, 2.45) is 4.99 Å². The van der Waals surface area contributed by atoms with Crippen molar-refractivity contribution in [2.45, 2.75) is 51.1 Å². The van der Waals surface area contributed by atoms with Crippen LogP contribution in [-0.4, -0.2) is 35.5 Å². The van der Waals surface area contributed by atoms with Gasteiger partial charge in [0.15, 0.2) is 5.17 Å². The predicted octanol–water partition coefficient (Wildman–Crippen LogP) is 1.52. The molecular formula is C12H21N3OS. The van der Waals surface area contributed by atoms with Crippen LogP contribution in [0.15, 0.2) is 4.99 Å². The van der Waals surface area contributed by atoms with E-state index in [9.17, 15) is 4.79 Å². The third-order valence-corrected chi connectivity index (χ3v) is 4.02. The zero-order chi connectivity index (χ0) is 12.1. The minimum Gasteiger partial charge on any atom is -0.362 e. The molecule has 5 heteroatoms. The lowest BCUT2D eigenvalue weighted by Gasteiger charge is -2.24. The van der Waals surface area contributed by atoms with Crippen molar-refractivity contribution in [3.05, 3.63) is 0 Å². The largest absolute Gasteiger partial charge is 0.362 e. The predicted molar refractivity (Wildman–Crippen MR) is 72.4 cm³/mol. The van der Waals surface area contributed by atoms with Crippen LogP contribution in [0.2, 0.25) is 0 Å². The third-order valence-electron chi connectivity index (χ3n) is 3.06. The molecule has 4 nitrogen and oxygen atoms in total. The monoisotopic (exact) mass is 255 g/mol. The molecular weight excluding hydrogens is 234 g/mol. The average Bonchev–Trinajstić information content (AvgIpc) is 3.13. The molecule has 2 aliphatic rings. The molecule has 0 bridgehead atoms. The van der Waals surface area contributed by atoms with Crippen molar-refractivity contribution in [1.29, 1.82) is 0 Å². The van der Waals surface area contributed by atoms with E-state index in [2.05, 4.69) is 22.5 Å². The molecule has 1 aliphatic carbocycles. The summed E-state index contributed by atoms with van der Waals surface area (Å²) in [6.07, 6.45) is 5.16. The normalized spacial score (nSPS) is 26.6. The number of hydrogen-bond acceptors (Lipinski definition) is 3. The van der Waals surface area contributed by atoms with Gasteiger partial charge in [-0.3, -0.25) is 9.79 Å². The van der Waals surface area contributed by atoms with E-state index in [1.165, 1.54) is 6.42 Å². The zero-order valence-corrected chi connectivity index (χ0v) is 11.2. The molecule has 1 heterocycles. The van der Waals surface area contributed by atoms with Gasteiger partial charge in [-0.05, 0) is 25.7 Å². The van der Waals surface area contributed by atoms with Gasteiger partial charge in [0.05, 0.1) is 6.54 Å². The Morgan fingerprint density at radius 3 is 3.06 bits per heavy atom. The highest BCUT2D eigenvalue weighted by molar-refractivity contribution is 8.13. The van der Waals surface area contributed by atoms with Crippen molar-refractivity contribution in [2.75, 3.05) is 12.3 Å². The van der Waals surface area contributed by atoms with E-state index in [-0.39, 0.29) is 5.91 Å². The SMILES string of the molecule is CCC1CCSC(=NCCC(=O)NC2CC2)N1. The van der Waals surface area contributed by atoms with Crippen molar-refractivity contribution in [3.8, 4) is 0 Å². The maximum Gasteiger partial charge on any atom is 0.222 e. The lowest BCUT2D eigenvalue weighted by molar-refractivity contribution is -0.121. The minimum absolute atomic E-state index is 0.143. The molecule has 17 heavy (non-hydrogen) atoms. The van der Waals surface area contributed by atoms with Gasteiger partial charge in [0, 0.05) is 24.3 Å². The topological polar surface area (TPSA) is 53.5 Å². The van der Waals surface area contributed by atoms with E-state index in [4.69, 9.17) is 0 Å². The second-order valence-corrected chi connectivity index (χ2v) is 5.75. The van der Waals surface area contributed by atoms with E-state index in [0.717, 1.165) is 30.2 Å². The number of rotatable bonds is 5. The fourth-order valence-electron chi connectivity index (χ4n) is 1.77. The molecule has 1 aliphatic heterocycles. The van der Waals surface area contributed by atoms with Crippen LogP contribution in [0, 0.1) is 0 Å². The molecule has 2 N–H and O–H groups in total. The van der Waals surface area contributed by atoms with Crippen LogP contribution in [0.4, 0.5) is 0 Å². The van der Waals surface area contributed by atoms with Crippen molar-refractivity contribution >= 4 is 22.8 Å². The van der Waals surface area contributed by atoms with Gasteiger partial charge in [-0.15, -0.1) is 0 Å². The number of amidine groups is 1. The Balaban J connectivity index is 1.66. The summed E-state index contributed by atoms with van der Waals surface area (Å²) in [5, 5.41) is 7.40. The molecule has 0 spiro atoms. The minimum atomic E-state index is 0.143. The quantitative estimate of drug-likeness (QED) is 0.783. The Bertz CT molecular complexity index is 302. The molecule has 0 aromatic rings. The Morgan fingerprint density at radius 1 is 1.53 bits per heavy atom. The van der Waals surface area contributed by atoms with Gasteiger partial charge in [-0.25, -0.2) is 0 Å². The number of aliphatic imine (C=N–C) groups is 1. The summed E-state index contributed by atoms with van der Waals surface area (Å²) in [6.45, 7) is 2.79. The van der Waals surface area contributed by atoms with Gasteiger partial charge in [0.25, 0.3) is 0 Å². The standard InChI is InChI=1S/C12H21N3OS/c1-2-9-6-8-17-12(15-9)13-7-5-11(16)14-10-3-4-10/h9-10H,2-8H2,1H3,(H,13,15)(H,14,16). The summed E-state index contributed by atoms with van der Waals surface area (Å²) in [7, 11) is 0. The first-order valence-electron chi connectivity index (χ1n) is 6.51. The fourth-order valence-corrected chi connectivity index (χ4v) is 2.80. The van der Waals surface area contributed by atoms with Crippen molar-refractivity contribution < 1.29 is 4.79 Å². The van der Waals surface area contributed by atoms with Crippen LogP contribution in [0.3, 0.4) is 0 Å². The zero-order valence-electron chi connectivity index (χ0n) is 10.4. The highest BCUT2D eigenvalue weighted by Gasteiger charge is 2.22. The number of carbonyl (C=O) groups excluding carboxylic acids is 1. The first kappa shape index (κ1) is 12.7. The van der Waals surface area contributed by atoms with Gasteiger partial charge in [-0.2, -0.15) is 0 Å². The lowest BCUT2D eigenvalue weighted by atomic mass is 10.2. The summed E-state index contributed by atoms with van der Waals surface area (Å²) >= 11 is 1.77. The Hall–Kier alpha value is -0.710. The molecule has 0 aromatic carbocycles. The first-order valence-corrected chi connectivity index (χ1v) is 7.49. The van der Waals surface area contributed by atoms with Gasteiger partial charge in [0.2, 0.25) is 5.91 Å². The van der Waals surface area contributed by atoms with E-state index < -0.39 is 0 Å². The van der Waals surface area contributed by atoms with E-state index in [0.29, 0.717) is 25.0 Å². The molecule has 0 radical (unpaired) electrons. The van der Waals surface area contributed by atoms with Crippen molar-refractivity contribution in [1.82, 2.24) is 10.6 Å². The molecule has 1 amide bonds. The van der Waals surface area contributed by atoms with Crippen LogP contribution in [0.25, 0.3) is 0 Å². The number of nitrogens with one attached hydrogen (secondary N) is 2. The van der Waals surface area contributed by atoms with Crippen molar-refractivity contribution in [3.63, 3.8) is 0 Å². The summed E-state index contributed by atoms with van der Waals surface area (Å²) in [5.74, 6) is 1.28. The molecule has 1 atom stereocenters. The van der Waals surface area contributed by atoms with Gasteiger partial charge < -0.3 is 10.6 Å². The molecule has 1 saturated carbocycles. The lowest BCUT2D eigenvalue weighted by Crippen LogP contribution is -2.37. The van der Waals surface area contributed by atoms with Gasteiger partial charge >= 0.3 is 0 Å². The Labute approximate surface area is 107 Å². The molecule has 1 unspecified atom stereocenters. The molecule has 2 fully saturated rings.